The largest absolute Gasteiger partial charge is 0.315 e. The van der Waals surface area contributed by atoms with Crippen LogP contribution in [0.25, 0.3) is 0 Å². The molecule has 0 radical (unpaired) electrons. The van der Waals surface area contributed by atoms with Crippen LogP contribution in [0.2, 0.25) is 5.02 Å². The van der Waals surface area contributed by atoms with Gasteiger partial charge in [-0.05, 0) is 37.4 Å². The Bertz CT molecular complexity index is 583. The fourth-order valence-electron chi connectivity index (χ4n) is 3.33. The Morgan fingerprint density at radius 1 is 1.30 bits per heavy atom. The van der Waals surface area contributed by atoms with Gasteiger partial charge in [-0.3, -0.25) is 0 Å². The van der Waals surface area contributed by atoms with Crippen LogP contribution < -0.4 is 5.32 Å². The number of rotatable bonds is 3. The van der Waals surface area contributed by atoms with E-state index in [0.29, 0.717) is 11.4 Å². The zero-order chi connectivity index (χ0) is 15.0. The molecule has 20 heavy (non-hydrogen) atoms. The molecule has 1 aromatic carbocycles. The van der Waals surface area contributed by atoms with Crippen LogP contribution in [-0.4, -0.2) is 26.8 Å². The predicted molar refractivity (Wildman–Crippen MR) is 82.9 cm³/mol. The summed E-state index contributed by atoms with van der Waals surface area (Å²) in [4.78, 5) is 0.254. The summed E-state index contributed by atoms with van der Waals surface area (Å²) in [6, 6.07) is 6.66. The molecule has 0 aliphatic heterocycles. The first-order valence-electron chi connectivity index (χ1n) is 6.96. The monoisotopic (exact) mass is 315 g/mol. The minimum atomic E-state index is -3.42. The van der Waals surface area contributed by atoms with E-state index in [4.69, 9.17) is 11.6 Å². The predicted octanol–water partition coefficient (Wildman–Crippen LogP) is 3.28. The molecule has 5 heteroatoms. The molecule has 2 atom stereocenters. The van der Waals surface area contributed by atoms with Gasteiger partial charge in [0.15, 0.2) is 9.84 Å². The van der Waals surface area contributed by atoms with Gasteiger partial charge < -0.3 is 5.32 Å². The van der Waals surface area contributed by atoms with Crippen LogP contribution in [0.4, 0.5) is 0 Å². The number of benzene rings is 1. The molecule has 2 unspecified atom stereocenters. The average molecular weight is 316 g/mol. The van der Waals surface area contributed by atoms with Crippen molar-refractivity contribution < 1.29 is 8.42 Å². The molecule has 1 aliphatic rings. The second-order valence-electron chi connectivity index (χ2n) is 6.16. The van der Waals surface area contributed by atoms with Crippen LogP contribution >= 0.6 is 11.6 Å². The summed E-state index contributed by atoms with van der Waals surface area (Å²) in [5, 5.41) is 3.11. The SMILES string of the molecule is CNC1C(S(=O)(=O)c2ccccc2Cl)CCCC1(C)C. The van der Waals surface area contributed by atoms with E-state index in [1.165, 1.54) is 0 Å². The van der Waals surface area contributed by atoms with Gasteiger partial charge in [0.2, 0.25) is 0 Å². The third-order valence-electron chi connectivity index (χ3n) is 4.38. The first-order valence-corrected chi connectivity index (χ1v) is 8.89. The van der Waals surface area contributed by atoms with Crippen LogP contribution in [0.1, 0.15) is 33.1 Å². The number of hydrogen-bond donors (Lipinski definition) is 1. The lowest BCUT2D eigenvalue weighted by Crippen LogP contribution is -2.54. The highest BCUT2D eigenvalue weighted by Gasteiger charge is 2.45. The first kappa shape index (κ1) is 15.8. The van der Waals surface area contributed by atoms with Crippen molar-refractivity contribution in [3.8, 4) is 0 Å². The molecule has 112 valence electrons. The van der Waals surface area contributed by atoms with Crippen molar-refractivity contribution in [3.63, 3.8) is 0 Å². The van der Waals surface area contributed by atoms with Crippen LogP contribution in [0.5, 0.6) is 0 Å². The van der Waals surface area contributed by atoms with E-state index in [0.717, 1.165) is 12.8 Å². The van der Waals surface area contributed by atoms with Crippen molar-refractivity contribution in [1.29, 1.82) is 0 Å². The van der Waals surface area contributed by atoms with E-state index in [2.05, 4.69) is 19.2 Å². The third kappa shape index (κ3) is 2.74. The molecule has 1 aliphatic carbocycles. The summed E-state index contributed by atoms with van der Waals surface area (Å²) in [7, 11) is -1.58. The second kappa shape index (κ2) is 5.66. The quantitative estimate of drug-likeness (QED) is 0.931. The fraction of sp³-hybridized carbons (Fsp3) is 0.600. The summed E-state index contributed by atoms with van der Waals surface area (Å²) in [5.74, 6) is 0. The lowest BCUT2D eigenvalue weighted by Gasteiger charge is -2.43. The highest BCUT2D eigenvalue weighted by molar-refractivity contribution is 7.92. The Hall–Kier alpha value is -0.580. The normalized spacial score (nSPS) is 26.4. The highest BCUT2D eigenvalue weighted by atomic mass is 35.5. The van der Waals surface area contributed by atoms with E-state index in [9.17, 15) is 8.42 Å². The minimum absolute atomic E-state index is 0.0357. The van der Waals surface area contributed by atoms with Gasteiger partial charge in [-0.15, -0.1) is 0 Å². The summed E-state index contributed by atoms with van der Waals surface area (Å²) < 4.78 is 25.9. The molecule has 3 nitrogen and oxygen atoms in total. The second-order valence-corrected chi connectivity index (χ2v) is 8.70. The van der Waals surface area contributed by atoms with Crippen molar-refractivity contribution in [2.45, 2.75) is 49.3 Å². The Balaban J connectivity index is 2.46. The molecular formula is C15H22ClNO2S. The minimum Gasteiger partial charge on any atom is -0.315 e. The molecule has 1 saturated carbocycles. The molecule has 0 amide bonds. The summed E-state index contributed by atoms with van der Waals surface area (Å²) >= 11 is 6.09. The van der Waals surface area contributed by atoms with Gasteiger partial charge in [0.05, 0.1) is 15.2 Å². The smallest absolute Gasteiger partial charge is 0.184 e. The van der Waals surface area contributed by atoms with Gasteiger partial charge in [0.1, 0.15) is 0 Å². The molecule has 1 fully saturated rings. The van der Waals surface area contributed by atoms with Gasteiger partial charge in [-0.2, -0.15) is 0 Å². The Labute approximate surface area is 126 Å². The lowest BCUT2D eigenvalue weighted by atomic mass is 9.73. The van der Waals surface area contributed by atoms with E-state index < -0.39 is 15.1 Å². The van der Waals surface area contributed by atoms with Gasteiger partial charge in [0.25, 0.3) is 0 Å². The number of nitrogens with one attached hydrogen (secondary N) is 1. The molecule has 1 N–H and O–H groups in total. The maximum atomic E-state index is 12.9. The van der Waals surface area contributed by atoms with Crippen molar-refractivity contribution in [2.75, 3.05) is 7.05 Å². The molecule has 0 heterocycles. The molecule has 1 aromatic rings. The first-order chi connectivity index (χ1) is 9.30. The van der Waals surface area contributed by atoms with E-state index >= 15 is 0 Å². The van der Waals surface area contributed by atoms with Crippen molar-refractivity contribution >= 4 is 21.4 Å². The summed E-state index contributed by atoms with van der Waals surface area (Å²) in [6.07, 6.45) is 2.65. The Morgan fingerprint density at radius 2 is 1.95 bits per heavy atom. The molecular weight excluding hydrogens is 294 g/mol. The zero-order valence-electron chi connectivity index (χ0n) is 12.2. The summed E-state index contributed by atoms with van der Waals surface area (Å²) in [6.45, 7) is 4.25. The van der Waals surface area contributed by atoms with Gasteiger partial charge in [0, 0.05) is 6.04 Å². The summed E-state index contributed by atoms with van der Waals surface area (Å²) in [5.41, 5.74) is -0.0357. The van der Waals surface area contributed by atoms with E-state index in [-0.39, 0.29) is 16.4 Å². The standard InChI is InChI=1S/C15H22ClNO2S/c1-15(2)10-6-9-13(14(15)17-3)20(18,19)12-8-5-4-7-11(12)16/h4-5,7-8,13-14,17H,6,9-10H2,1-3H3. The van der Waals surface area contributed by atoms with Crippen molar-refractivity contribution in [1.82, 2.24) is 5.32 Å². The van der Waals surface area contributed by atoms with Crippen LogP contribution in [-0.2, 0) is 9.84 Å². The van der Waals surface area contributed by atoms with E-state index in [1.54, 1.807) is 24.3 Å². The molecule has 2 rings (SSSR count). The van der Waals surface area contributed by atoms with Crippen molar-refractivity contribution in [2.24, 2.45) is 5.41 Å². The topological polar surface area (TPSA) is 46.2 Å². The van der Waals surface area contributed by atoms with E-state index in [1.807, 2.05) is 7.05 Å². The molecule has 0 spiro atoms. The van der Waals surface area contributed by atoms with Crippen LogP contribution in [0.15, 0.2) is 29.2 Å². The maximum absolute atomic E-state index is 12.9. The van der Waals surface area contributed by atoms with Crippen molar-refractivity contribution in [3.05, 3.63) is 29.3 Å². The van der Waals surface area contributed by atoms with Crippen LogP contribution in [0, 0.1) is 5.41 Å². The molecule has 0 bridgehead atoms. The van der Waals surface area contributed by atoms with Crippen LogP contribution in [0.3, 0.4) is 0 Å². The number of hydrogen-bond acceptors (Lipinski definition) is 3. The molecule has 0 aromatic heterocycles. The average Bonchev–Trinajstić information content (AvgIpc) is 2.37. The zero-order valence-corrected chi connectivity index (χ0v) is 13.8. The highest BCUT2D eigenvalue weighted by Crippen LogP contribution is 2.40. The van der Waals surface area contributed by atoms with Gasteiger partial charge >= 0.3 is 0 Å². The fourth-order valence-corrected chi connectivity index (χ4v) is 6.07. The number of halogens is 1. The Morgan fingerprint density at radius 3 is 2.55 bits per heavy atom. The molecule has 0 saturated heterocycles. The van der Waals surface area contributed by atoms with Gasteiger partial charge in [-0.25, -0.2) is 8.42 Å². The van der Waals surface area contributed by atoms with Gasteiger partial charge in [-0.1, -0.05) is 44.0 Å². The number of sulfone groups is 1. The third-order valence-corrected chi connectivity index (χ3v) is 7.09. The Kier molecular flexibility index (Phi) is 4.47. The maximum Gasteiger partial charge on any atom is 0.184 e. The lowest BCUT2D eigenvalue weighted by molar-refractivity contribution is 0.178.